The number of aryl methyl sites for hydroxylation is 1. The van der Waals surface area contributed by atoms with Crippen molar-refractivity contribution in [3.05, 3.63) is 36.2 Å². The number of benzene rings is 1. The van der Waals surface area contributed by atoms with Gasteiger partial charge in [0.25, 0.3) is 0 Å². The number of carbonyl (C=O) groups is 1. The summed E-state index contributed by atoms with van der Waals surface area (Å²) in [6, 6.07) is 9.69. The van der Waals surface area contributed by atoms with E-state index in [1.165, 1.54) is 0 Å². The van der Waals surface area contributed by atoms with E-state index in [0.717, 1.165) is 18.5 Å². The molecular weight excluding hydrogens is 318 g/mol. The minimum Gasteiger partial charge on any atom is -0.421 e. The van der Waals surface area contributed by atoms with E-state index in [1.54, 1.807) is 7.11 Å². The van der Waals surface area contributed by atoms with Crippen LogP contribution in [-0.2, 0) is 16.0 Å². The monoisotopic (exact) mass is 343 g/mol. The third-order valence-corrected chi connectivity index (χ3v) is 4.81. The van der Waals surface area contributed by atoms with E-state index >= 15 is 0 Å². The van der Waals surface area contributed by atoms with Crippen LogP contribution in [0.3, 0.4) is 0 Å². The highest BCUT2D eigenvalue weighted by molar-refractivity contribution is 5.76. The minimum atomic E-state index is 0.141. The molecule has 1 aliphatic heterocycles. The van der Waals surface area contributed by atoms with Gasteiger partial charge in [-0.15, -0.1) is 10.2 Å². The maximum atomic E-state index is 12.4. The van der Waals surface area contributed by atoms with Crippen LogP contribution >= 0.6 is 0 Å². The van der Waals surface area contributed by atoms with Gasteiger partial charge in [0.1, 0.15) is 0 Å². The smallest absolute Gasteiger partial charge is 0.247 e. The Morgan fingerprint density at radius 2 is 2.12 bits per heavy atom. The summed E-state index contributed by atoms with van der Waals surface area (Å²) >= 11 is 0. The molecule has 2 atom stereocenters. The zero-order valence-electron chi connectivity index (χ0n) is 14.9. The first-order chi connectivity index (χ1) is 12.2. The summed E-state index contributed by atoms with van der Waals surface area (Å²) in [4.78, 5) is 14.3. The standard InChI is InChI=1S/C19H25N3O3/c1-14-11-12-22(13-16(14)24-2)18(23)10-6-9-17-20-21-19(25-17)15-7-4-3-5-8-15/h3-5,7-8,14,16H,6,9-13H2,1-2H3/t14-,16+/m1/s1. The number of methoxy groups -OCH3 is 1. The molecule has 6 nitrogen and oxygen atoms in total. The number of hydrogen-bond acceptors (Lipinski definition) is 5. The number of carbonyl (C=O) groups excluding carboxylic acids is 1. The fourth-order valence-electron chi connectivity index (χ4n) is 3.17. The van der Waals surface area contributed by atoms with Gasteiger partial charge in [-0.1, -0.05) is 25.1 Å². The molecule has 0 radical (unpaired) electrons. The van der Waals surface area contributed by atoms with Crippen LogP contribution in [0.25, 0.3) is 11.5 Å². The van der Waals surface area contributed by atoms with Gasteiger partial charge in [0.05, 0.1) is 6.10 Å². The van der Waals surface area contributed by atoms with Crippen molar-refractivity contribution in [3.63, 3.8) is 0 Å². The molecule has 1 fully saturated rings. The Hall–Kier alpha value is -2.21. The number of piperidine rings is 1. The summed E-state index contributed by atoms with van der Waals surface area (Å²) in [5.41, 5.74) is 0.908. The average Bonchev–Trinajstić information content (AvgIpc) is 3.11. The molecule has 0 saturated carbocycles. The van der Waals surface area contributed by atoms with Gasteiger partial charge in [0.15, 0.2) is 0 Å². The van der Waals surface area contributed by atoms with Crippen LogP contribution < -0.4 is 0 Å². The molecule has 0 N–H and O–H groups in total. The fourth-order valence-corrected chi connectivity index (χ4v) is 3.17. The second-order valence-corrected chi connectivity index (χ2v) is 6.60. The van der Waals surface area contributed by atoms with Crippen LogP contribution in [0.1, 0.15) is 32.1 Å². The highest BCUT2D eigenvalue weighted by atomic mass is 16.5. The van der Waals surface area contributed by atoms with Crippen LogP contribution in [-0.4, -0.2) is 47.3 Å². The molecule has 1 saturated heterocycles. The molecular formula is C19H25N3O3. The molecule has 0 bridgehead atoms. The second kappa shape index (κ2) is 8.25. The van der Waals surface area contributed by atoms with E-state index < -0.39 is 0 Å². The predicted molar refractivity (Wildman–Crippen MR) is 93.8 cm³/mol. The number of ether oxygens (including phenoxy) is 1. The molecule has 6 heteroatoms. The van der Waals surface area contributed by atoms with Crippen LogP contribution in [0.5, 0.6) is 0 Å². The van der Waals surface area contributed by atoms with E-state index in [2.05, 4.69) is 17.1 Å². The van der Waals surface area contributed by atoms with Crippen molar-refractivity contribution in [1.29, 1.82) is 0 Å². The van der Waals surface area contributed by atoms with Gasteiger partial charge in [-0.05, 0) is 30.9 Å². The van der Waals surface area contributed by atoms with Crippen molar-refractivity contribution in [2.45, 2.75) is 38.7 Å². The van der Waals surface area contributed by atoms with Crippen molar-refractivity contribution in [2.24, 2.45) is 5.92 Å². The number of rotatable bonds is 6. The first-order valence-corrected chi connectivity index (χ1v) is 8.85. The lowest BCUT2D eigenvalue weighted by Gasteiger charge is -2.36. The average molecular weight is 343 g/mol. The summed E-state index contributed by atoms with van der Waals surface area (Å²) in [5, 5.41) is 8.15. The van der Waals surface area contributed by atoms with E-state index in [1.807, 2.05) is 35.2 Å². The van der Waals surface area contributed by atoms with E-state index in [9.17, 15) is 4.79 Å². The zero-order valence-corrected chi connectivity index (χ0v) is 14.9. The lowest BCUT2D eigenvalue weighted by Crippen LogP contribution is -2.46. The van der Waals surface area contributed by atoms with Crippen LogP contribution in [0.2, 0.25) is 0 Å². The Kier molecular flexibility index (Phi) is 5.81. The van der Waals surface area contributed by atoms with Crippen molar-refractivity contribution >= 4 is 5.91 Å². The van der Waals surface area contributed by atoms with Crippen LogP contribution in [0, 0.1) is 5.92 Å². The lowest BCUT2D eigenvalue weighted by molar-refractivity contribution is -0.136. The summed E-state index contributed by atoms with van der Waals surface area (Å²) in [7, 11) is 1.72. The highest BCUT2D eigenvalue weighted by Crippen LogP contribution is 2.21. The van der Waals surface area contributed by atoms with E-state index in [-0.39, 0.29) is 12.0 Å². The van der Waals surface area contributed by atoms with E-state index in [0.29, 0.717) is 43.5 Å². The third kappa shape index (κ3) is 4.45. The summed E-state index contributed by atoms with van der Waals surface area (Å²) in [6.45, 7) is 3.68. The third-order valence-electron chi connectivity index (χ3n) is 4.81. The first kappa shape index (κ1) is 17.6. The van der Waals surface area contributed by atoms with Crippen molar-refractivity contribution < 1.29 is 13.9 Å². The number of amides is 1. The first-order valence-electron chi connectivity index (χ1n) is 8.85. The minimum absolute atomic E-state index is 0.141. The quantitative estimate of drug-likeness (QED) is 0.806. The molecule has 2 heterocycles. The lowest BCUT2D eigenvalue weighted by atomic mass is 9.95. The van der Waals surface area contributed by atoms with Crippen molar-refractivity contribution in [3.8, 4) is 11.5 Å². The van der Waals surface area contributed by atoms with Gasteiger partial charge in [-0.3, -0.25) is 4.79 Å². The Balaban J connectivity index is 1.47. The Labute approximate surface area is 148 Å². The molecule has 25 heavy (non-hydrogen) atoms. The molecule has 3 rings (SSSR count). The topological polar surface area (TPSA) is 68.5 Å². The second-order valence-electron chi connectivity index (χ2n) is 6.60. The number of nitrogens with zero attached hydrogens (tertiary/aromatic N) is 3. The van der Waals surface area contributed by atoms with Gasteiger partial charge in [-0.2, -0.15) is 0 Å². The molecule has 0 aliphatic carbocycles. The molecule has 2 aromatic rings. The fraction of sp³-hybridized carbons (Fsp3) is 0.526. The number of likely N-dealkylation sites (tertiary alicyclic amines) is 1. The Morgan fingerprint density at radius 3 is 2.88 bits per heavy atom. The maximum absolute atomic E-state index is 12.4. The van der Waals surface area contributed by atoms with Gasteiger partial charge in [-0.25, -0.2) is 0 Å². The Bertz CT molecular complexity index is 686. The summed E-state index contributed by atoms with van der Waals surface area (Å²) in [5.74, 6) is 1.78. The molecule has 1 amide bonds. The largest absolute Gasteiger partial charge is 0.421 e. The molecule has 1 aromatic heterocycles. The van der Waals surface area contributed by atoms with Gasteiger partial charge >= 0.3 is 0 Å². The predicted octanol–water partition coefficient (Wildman–Crippen LogP) is 2.94. The summed E-state index contributed by atoms with van der Waals surface area (Å²) < 4.78 is 11.2. The number of aromatic nitrogens is 2. The Morgan fingerprint density at radius 1 is 1.32 bits per heavy atom. The van der Waals surface area contributed by atoms with Crippen molar-refractivity contribution in [1.82, 2.24) is 15.1 Å². The highest BCUT2D eigenvalue weighted by Gasteiger charge is 2.28. The SMILES string of the molecule is CO[C@H]1CN(C(=O)CCCc2nnc(-c3ccccc3)o2)CC[C@H]1C. The molecule has 134 valence electrons. The number of hydrogen-bond donors (Lipinski definition) is 0. The molecule has 1 aromatic carbocycles. The molecule has 1 aliphatic rings. The zero-order chi connectivity index (χ0) is 17.6. The molecule has 0 spiro atoms. The van der Waals surface area contributed by atoms with Gasteiger partial charge in [0, 0.05) is 38.6 Å². The maximum Gasteiger partial charge on any atom is 0.247 e. The van der Waals surface area contributed by atoms with Crippen molar-refractivity contribution in [2.75, 3.05) is 20.2 Å². The van der Waals surface area contributed by atoms with E-state index in [4.69, 9.17) is 9.15 Å². The summed E-state index contributed by atoms with van der Waals surface area (Å²) in [6.07, 6.45) is 2.95. The van der Waals surface area contributed by atoms with Crippen LogP contribution in [0.15, 0.2) is 34.7 Å². The molecule has 0 unspecified atom stereocenters. The van der Waals surface area contributed by atoms with Crippen LogP contribution in [0.4, 0.5) is 0 Å². The normalized spacial score (nSPS) is 20.6. The van der Waals surface area contributed by atoms with Gasteiger partial charge in [0.2, 0.25) is 17.7 Å². The van der Waals surface area contributed by atoms with Gasteiger partial charge < -0.3 is 14.1 Å².